The van der Waals surface area contributed by atoms with Crippen molar-refractivity contribution < 1.29 is 9.84 Å². The quantitative estimate of drug-likeness (QED) is 0.622. The van der Waals surface area contributed by atoms with E-state index in [0.29, 0.717) is 0 Å². The van der Waals surface area contributed by atoms with Crippen LogP contribution in [0.1, 0.15) is 16.7 Å². The van der Waals surface area contributed by atoms with E-state index in [9.17, 15) is 5.11 Å². The largest absolute Gasteiger partial charge is 0.497 e. The van der Waals surface area contributed by atoms with Gasteiger partial charge in [-0.3, -0.25) is 0 Å². The zero-order chi connectivity index (χ0) is 15.1. The lowest BCUT2D eigenvalue weighted by atomic mass is 10.0. The highest BCUT2D eigenvalue weighted by Crippen LogP contribution is 2.34. The van der Waals surface area contributed by atoms with Crippen LogP contribution < -0.4 is 4.74 Å². The van der Waals surface area contributed by atoms with E-state index in [1.54, 1.807) is 7.11 Å². The molecule has 1 heterocycles. The number of benzene rings is 2. The lowest BCUT2D eigenvalue weighted by molar-refractivity contribution is 0.281. The van der Waals surface area contributed by atoms with Crippen LogP contribution in [0.3, 0.4) is 0 Å². The average molecular weight is 289 g/mol. The lowest BCUT2D eigenvalue weighted by Gasteiger charge is -2.11. The fourth-order valence-electron chi connectivity index (χ4n) is 3.01. The fraction of sp³-hybridized carbons (Fsp3) is 0.105. The van der Waals surface area contributed by atoms with Crippen molar-refractivity contribution in [1.29, 1.82) is 0 Å². The predicted octanol–water partition coefficient (Wildman–Crippen LogP) is 3.89. The van der Waals surface area contributed by atoms with Crippen LogP contribution in [0.2, 0.25) is 0 Å². The molecule has 4 rings (SSSR count). The van der Waals surface area contributed by atoms with Gasteiger partial charge in [0, 0.05) is 10.9 Å². The molecular weight excluding hydrogens is 274 g/mol. The number of hydrogen-bond acceptors (Lipinski definition) is 3. The molecule has 0 fully saturated rings. The van der Waals surface area contributed by atoms with Crippen molar-refractivity contribution in [3.05, 3.63) is 59.2 Å². The highest BCUT2D eigenvalue weighted by atomic mass is 16.5. The Balaban J connectivity index is 1.95. The summed E-state index contributed by atoms with van der Waals surface area (Å²) in [6, 6.07) is 13.9. The summed E-state index contributed by atoms with van der Waals surface area (Å²) in [5.41, 5.74) is 6.00. The predicted molar refractivity (Wildman–Crippen MR) is 88.6 cm³/mol. The molecule has 0 saturated heterocycles. The summed E-state index contributed by atoms with van der Waals surface area (Å²) in [4.78, 5) is 4.78. The minimum Gasteiger partial charge on any atom is -0.497 e. The zero-order valence-corrected chi connectivity index (χ0v) is 12.2. The Morgan fingerprint density at radius 2 is 1.91 bits per heavy atom. The molecule has 0 unspecified atom stereocenters. The first kappa shape index (κ1) is 13.0. The molecule has 0 saturated carbocycles. The van der Waals surface area contributed by atoms with Gasteiger partial charge < -0.3 is 9.84 Å². The van der Waals surface area contributed by atoms with Crippen LogP contribution in [0.4, 0.5) is 0 Å². The monoisotopic (exact) mass is 289 g/mol. The molecule has 0 aliphatic heterocycles. The van der Waals surface area contributed by atoms with Crippen LogP contribution in [0.5, 0.6) is 5.75 Å². The molecule has 0 amide bonds. The molecule has 0 spiro atoms. The maximum Gasteiger partial charge on any atom is 0.119 e. The SMILES string of the molecule is COc1ccc(-c2cc3c4c(cccc4n2)C=C3)c(CO)c1. The van der Waals surface area contributed by atoms with Crippen molar-refractivity contribution in [2.75, 3.05) is 7.11 Å². The molecule has 0 radical (unpaired) electrons. The van der Waals surface area contributed by atoms with Crippen molar-refractivity contribution in [2.45, 2.75) is 6.61 Å². The van der Waals surface area contributed by atoms with Crippen molar-refractivity contribution in [3.8, 4) is 17.0 Å². The molecule has 1 aliphatic carbocycles. The van der Waals surface area contributed by atoms with Crippen LogP contribution in [0.25, 0.3) is 34.3 Å². The van der Waals surface area contributed by atoms with E-state index < -0.39 is 0 Å². The normalized spacial score (nSPS) is 12.1. The van der Waals surface area contributed by atoms with Gasteiger partial charge in [0.1, 0.15) is 5.75 Å². The summed E-state index contributed by atoms with van der Waals surface area (Å²) >= 11 is 0. The van der Waals surface area contributed by atoms with E-state index >= 15 is 0 Å². The van der Waals surface area contributed by atoms with Crippen LogP contribution in [0.15, 0.2) is 42.5 Å². The number of rotatable bonds is 3. The van der Waals surface area contributed by atoms with E-state index in [2.05, 4.69) is 24.3 Å². The van der Waals surface area contributed by atoms with Crippen molar-refractivity contribution in [3.63, 3.8) is 0 Å². The first-order valence-electron chi connectivity index (χ1n) is 7.20. The molecule has 3 nitrogen and oxygen atoms in total. The number of nitrogens with zero attached hydrogens (tertiary/aromatic N) is 1. The third-order valence-electron chi connectivity index (χ3n) is 4.10. The molecule has 3 heteroatoms. The smallest absolute Gasteiger partial charge is 0.119 e. The molecular formula is C19H15NO2. The number of aliphatic hydroxyl groups excluding tert-OH is 1. The summed E-state index contributed by atoms with van der Waals surface area (Å²) < 4.78 is 5.23. The molecule has 1 aliphatic rings. The van der Waals surface area contributed by atoms with Gasteiger partial charge in [-0.25, -0.2) is 4.98 Å². The van der Waals surface area contributed by atoms with Gasteiger partial charge in [0.25, 0.3) is 0 Å². The van der Waals surface area contributed by atoms with Gasteiger partial charge in [-0.2, -0.15) is 0 Å². The molecule has 22 heavy (non-hydrogen) atoms. The van der Waals surface area contributed by atoms with Gasteiger partial charge in [0.2, 0.25) is 0 Å². The van der Waals surface area contributed by atoms with Gasteiger partial charge in [-0.1, -0.05) is 24.3 Å². The second kappa shape index (κ2) is 4.97. The third kappa shape index (κ3) is 1.90. The van der Waals surface area contributed by atoms with E-state index in [1.807, 2.05) is 30.3 Å². The first-order chi connectivity index (χ1) is 10.8. The highest BCUT2D eigenvalue weighted by Gasteiger charge is 2.14. The van der Waals surface area contributed by atoms with E-state index in [0.717, 1.165) is 28.1 Å². The zero-order valence-electron chi connectivity index (χ0n) is 12.2. The molecule has 1 N–H and O–H groups in total. The Bertz CT molecular complexity index is 913. The topological polar surface area (TPSA) is 42.4 Å². The molecule has 108 valence electrons. The maximum absolute atomic E-state index is 9.65. The third-order valence-corrected chi connectivity index (χ3v) is 4.10. The molecule has 3 aromatic rings. The number of aliphatic hydroxyl groups is 1. The minimum absolute atomic E-state index is 0.0442. The van der Waals surface area contributed by atoms with Crippen molar-refractivity contribution >= 4 is 23.1 Å². The van der Waals surface area contributed by atoms with Crippen molar-refractivity contribution in [2.24, 2.45) is 0 Å². The second-order valence-corrected chi connectivity index (χ2v) is 5.35. The number of hydrogen-bond donors (Lipinski definition) is 1. The summed E-state index contributed by atoms with van der Waals surface area (Å²) in [6.45, 7) is -0.0442. The van der Waals surface area contributed by atoms with Gasteiger partial charge >= 0.3 is 0 Å². The minimum atomic E-state index is -0.0442. The van der Waals surface area contributed by atoms with Gasteiger partial charge in [-0.05, 0) is 47.0 Å². The Hall–Kier alpha value is -2.65. The summed E-state index contributed by atoms with van der Waals surface area (Å²) in [5, 5.41) is 10.9. The maximum atomic E-state index is 9.65. The van der Waals surface area contributed by atoms with Gasteiger partial charge in [-0.15, -0.1) is 0 Å². The summed E-state index contributed by atoms with van der Waals surface area (Å²) in [6.07, 6.45) is 4.23. The Kier molecular flexibility index (Phi) is 2.94. The fourth-order valence-corrected chi connectivity index (χ4v) is 3.01. The van der Waals surface area contributed by atoms with E-state index in [-0.39, 0.29) is 6.61 Å². The first-order valence-corrected chi connectivity index (χ1v) is 7.20. The second-order valence-electron chi connectivity index (χ2n) is 5.35. The standard InChI is InChI=1S/C19H15NO2/c1-22-15-7-8-16(14(9-15)11-21)18-10-13-6-5-12-3-2-4-17(20-18)19(12)13/h2-10,21H,11H2,1H3. The number of methoxy groups -OCH3 is 1. The Morgan fingerprint density at radius 3 is 2.73 bits per heavy atom. The molecule has 0 bridgehead atoms. The Labute approximate surface area is 128 Å². The molecule has 1 aromatic heterocycles. The lowest BCUT2D eigenvalue weighted by Crippen LogP contribution is -1.95. The number of aromatic nitrogens is 1. The van der Waals surface area contributed by atoms with Crippen LogP contribution >= 0.6 is 0 Å². The summed E-state index contributed by atoms with van der Waals surface area (Å²) in [5.74, 6) is 0.736. The highest BCUT2D eigenvalue weighted by molar-refractivity contribution is 6.04. The van der Waals surface area contributed by atoms with Crippen LogP contribution in [-0.2, 0) is 6.61 Å². The van der Waals surface area contributed by atoms with Gasteiger partial charge in [0.15, 0.2) is 0 Å². The number of pyridine rings is 1. The summed E-state index contributed by atoms with van der Waals surface area (Å²) in [7, 11) is 1.62. The molecule has 0 atom stereocenters. The Morgan fingerprint density at radius 1 is 1.05 bits per heavy atom. The van der Waals surface area contributed by atoms with Gasteiger partial charge in [0.05, 0.1) is 24.9 Å². The van der Waals surface area contributed by atoms with E-state index in [1.165, 1.54) is 16.5 Å². The van der Waals surface area contributed by atoms with Crippen LogP contribution in [0, 0.1) is 0 Å². The average Bonchev–Trinajstić information content (AvgIpc) is 2.99. The van der Waals surface area contributed by atoms with E-state index in [4.69, 9.17) is 9.72 Å². The van der Waals surface area contributed by atoms with Crippen molar-refractivity contribution in [1.82, 2.24) is 4.98 Å². The molecule has 2 aromatic carbocycles. The number of ether oxygens (including phenoxy) is 1. The van der Waals surface area contributed by atoms with Crippen LogP contribution in [-0.4, -0.2) is 17.2 Å².